The van der Waals surface area contributed by atoms with Crippen LogP contribution in [0, 0.1) is 0 Å². The Morgan fingerprint density at radius 3 is 2.70 bits per heavy atom. The summed E-state index contributed by atoms with van der Waals surface area (Å²) in [4.78, 5) is 14.0. The molecule has 2 heterocycles. The zero-order valence-electron chi connectivity index (χ0n) is 12.2. The van der Waals surface area contributed by atoms with Crippen molar-refractivity contribution in [2.45, 2.75) is 32.9 Å². The van der Waals surface area contributed by atoms with Gasteiger partial charge in [-0.25, -0.2) is 13.1 Å². The fourth-order valence-electron chi connectivity index (χ4n) is 2.33. The van der Waals surface area contributed by atoms with Crippen LogP contribution in [-0.2, 0) is 22.8 Å². The number of fused-ring (bicyclic) bond motifs is 1. The normalized spacial score (nSPS) is 16.4. The highest BCUT2D eigenvalue weighted by Crippen LogP contribution is 2.15. The smallest absolute Gasteiger partial charge is 0.267 e. The summed E-state index contributed by atoms with van der Waals surface area (Å²) in [5.74, 6) is 0.152. The van der Waals surface area contributed by atoms with E-state index in [-0.39, 0.29) is 17.4 Å². The molecule has 0 amide bonds. The minimum absolute atomic E-state index is 0.0519. The quantitative estimate of drug-likeness (QED) is 0.795. The maximum atomic E-state index is 11.9. The molecule has 0 saturated carbocycles. The summed E-state index contributed by atoms with van der Waals surface area (Å²) >= 11 is 0. The van der Waals surface area contributed by atoms with E-state index in [2.05, 4.69) is 10.00 Å². The topological polar surface area (TPSA) is 72.3 Å². The lowest BCUT2D eigenvalue weighted by molar-refractivity contribution is 0.263. The standard InChI is InChI=1S/C13H21N3O3S/c1-10(2)16-13(17)8-11-9-15(5-4-12(11)14-16)6-7-20(3,18)19/h8,10H,4-7,9H2,1-3H3. The van der Waals surface area contributed by atoms with Crippen molar-refractivity contribution >= 4 is 9.84 Å². The summed E-state index contributed by atoms with van der Waals surface area (Å²) in [5, 5.41) is 4.41. The third-order valence-corrected chi connectivity index (χ3v) is 4.37. The van der Waals surface area contributed by atoms with Gasteiger partial charge in [-0.15, -0.1) is 0 Å². The van der Waals surface area contributed by atoms with Crippen LogP contribution < -0.4 is 5.56 Å². The molecule has 7 heteroatoms. The maximum absolute atomic E-state index is 11.9. The van der Waals surface area contributed by atoms with E-state index < -0.39 is 9.84 Å². The molecule has 0 spiro atoms. The Kier molecular flexibility index (Phi) is 4.29. The van der Waals surface area contributed by atoms with E-state index in [4.69, 9.17) is 0 Å². The van der Waals surface area contributed by atoms with Gasteiger partial charge in [-0.05, 0) is 19.4 Å². The number of hydrogen-bond acceptors (Lipinski definition) is 5. The van der Waals surface area contributed by atoms with Gasteiger partial charge in [-0.1, -0.05) is 0 Å². The fourth-order valence-corrected chi connectivity index (χ4v) is 2.92. The molecule has 1 aliphatic heterocycles. The predicted octanol–water partition coefficient (Wildman–Crippen LogP) is 0.227. The minimum atomic E-state index is -2.95. The Bertz CT molecular complexity index is 649. The first-order valence-electron chi connectivity index (χ1n) is 6.78. The second-order valence-electron chi connectivity index (χ2n) is 5.65. The summed E-state index contributed by atoms with van der Waals surface area (Å²) in [6.45, 7) is 5.76. The van der Waals surface area contributed by atoms with Crippen molar-refractivity contribution in [1.82, 2.24) is 14.7 Å². The number of sulfone groups is 1. The largest absolute Gasteiger partial charge is 0.298 e. The zero-order chi connectivity index (χ0) is 14.9. The van der Waals surface area contributed by atoms with E-state index in [1.54, 1.807) is 6.07 Å². The van der Waals surface area contributed by atoms with E-state index >= 15 is 0 Å². The van der Waals surface area contributed by atoms with Crippen molar-refractivity contribution in [3.05, 3.63) is 27.7 Å². The lowest BCUT2D eigenvalue weighted by Crippen LogP contribution is -2.37. The van der Waals surface area contributed by atoms with E-state index in [1.807, 2.05) is 13.8 Å². The van der Waals surface area contributed by atoms with Crippen LogP contribution in [0.1, 0.15) is 31.1 Å². The predicted molar refractivity (Wildman–Crippen MR) is 77.6 cm³/mol. The zero-order valence-corrected chi connectivity index (χ0v) is 13.0. The molecule has 0 aliphatic carbocycles. The Labute approximate surface area is 119 Å². The Hall–Kier alpha value is -1.21. The molecule has 1 aromatic heterocycles. The summed E-state index contributed by atoms with van der Waals surface area (Å²) < 4.78 is 23.9. The first-order valence-corrected chi connectivity index (χ1v) is 8.84. The van der Waals surface area contributed by atoms with E-state index in [9.17, 15) is 13.2 Å². The van der Waals surface area contributed by atoms with Gasteiger partial charge in [0.25, 0.3) is 5.56 Å². The molecule has 0 bridgehead atoms. The second kappa shape index (κ2) is 5.65. The van der Waals surface area contributed by atoms with Crippen LogP contribution in [0.25, 0.3) is 0 Å². The highest BCUT2D eigenvalue weighted by molar-refractivity contribution is 7.90. The molecule has 0 atom stereocenters. The molecule has 0 fully saturated rings. The van der Waals surface area contributed by atoms with Crippen molar-refractivity contribution in [3.63, 3.8) is 0 Å². The van der Waals surface area contributed by atoms with Gasteiger partial charge < -0.3 is 0 Å². The van der Waals surface area contributed by atoms with Gasteiger partial charge in [0.1, 0.15) is 9.84 Å². The third-order valence-electron chi connectivity index (χ3n) is 3.45. The average Bonchev–Trinajstić information content (AvgIpc) is 2.34. The highest BCUT2D eigenvalue weighted by Gasteiger charge is 2.20. The van der Waals surface area contributed by atoms with Crippen molar-refractivity contribution in [2.75, 3.05) is 25.1 Å². The van der Waals surface area contributed by atoms with Gasteiger partial charge >= 0.3 is 0 Å². The minimum Gasteiger partial charge on any atom is -0.298 e. The van der Waals surface area contributed by atoms with Crippen LogP contribution in [0.3, 0.4) is 0 Å². The third kappa shape index (κ3) is 3.67. The Morgan fingerprint density at radius 1 is 1.40 bits per heavy atom. The SMILES string of the molecule is CC(C)n1nc2c(cc1=O)CN(CCS(C)(=O)=O)CC2. The molecular formula is C13H21N3O3S. The molecule has 1 aromatic rings. The molecule has 1 aliphatic rings. The van der Waals surface area contributed by atoms with Gasteiger partial charge in [0.2, 0.25) is 0 Å². The molecule has 0 radical (unpaired) electrons. The van der Waals surface area contributed by atoms with Crippen molar-refractivity contribution in [2.24, 2.45) is 0 Å². The van der Waals surface area contributed by atoms with Crippen LogP contribution in [-0.4, -0.2) is 48.2 Å². The summed E-state index contributed by atoms with van der Waals surface area (Å²) in [5.41, 5.74) is 1.78. The van der Waals surface area contributed by atoms with Crippen molar-refractivity contribution in [1.29, 1.82) is 0 Å². The van der Waals surface area contributed by atoms with Crippen LogP contribution in [0.15, 0.2) is 10.9 Å². The van der Waals surface area contributed by atoms with Gasteiger partial charge in [-0.2, -0.15) is 5.10 Å². The summed E-state index contributed by atoms with van der Waals surface area (Å²) in [6.07, 6.45) is 2.00. The number of hydrogen-bond donors (Lipinski definition) is 0. The summed E-state index contributed by atoms with van der Waals surface area (Å²) in [6, 6.07) is 1.69. The molecule has 0 N–H and O–H groups in total. The second-order valence-corrected chi connectivity index (χ2v) is 7.91. The van der Waals surface area contributed by atoms with Crippen LogP contribution >= 0.6 is 0 Å². The van der Waals surface area contributed by atoms with Crippen LogP contribution in [0.4, 0.5) is 0 Å². The number of aromatic nitrogens is 2. The molecule has 0 saturated heterocycles. The fraction of sp³-hybridized carbons (Fsp3) is 0.692. The number of rotatable bonds is 4. The molecule has 6 nitrogen and oxygen atoms in total. The molecular weight excluding hydrogens is 278 g/mol. The van der Waals surface area contributed by atoms with Crippen molar-refractivity contribution < 1.29 is 8.42 Å². The molecule has 20 heavy (non-hydrogen) atoms. The van der Waals surface area contributed by atoms with E-state index in [1.165, 1.54) is 10.9 Å². The monoisotopic (exact) mass is 299 g/mol. The Balaban J connectivity index is 2.15. The number of nitrogens with zero attached hydrogens (tertiary/aromatic N) is 3. The highest BCUT2D eigenvalue weighted by atomic mass is 32.2. The van der Waals surface area contributed by atoms with Crippen LogP contribution in [0.5, 0.6) is 0 Å². The average molecular weight is 299 g/mol. The van der Waals surface area contributed by atoms with Gasteiger partial charge in [0.15, 0.2) is 0 Å². The van der Waals surface area contributed by atoms with Crippen LogP contribution in [0.2, 0.25) is 0 Å². The maximum Gasteiger partial charge on any atom is 0.267 e. The lowest BCUT2D eigenvalue weighted by Gasteiger charge is -2.28. The lowest BCUT2D eigenvalue weighted by atomic mass is 10.1. The van der Waals surface area contributed by atoms with Gasteiger partial charge in [-0.3, -0.25) is 9.69 Å². The molecule has 2 rings (SSSR count). The Morgan fingerprint density at radius 2 is 2.10 bits per heavy atom. The van der Waals surface area contributed by atoms with Gasteiger partial charge in [0, 0.05) is 38.4 Å². The van der Waals surface area contributed by atoms with E-state index in [0.29, 0.717) is 13.1 Å². The van der Waals surface area contributed by atoms with E-state index in [0.717, 1.165) is 24.2 Å². The first-order chi connectivity index (χ1) is 9.26. The molecule has 0 unspecified atom stereocenters. The first kappa shape index (κ1) is 15.2. The van der Waals surface area contributed by atoms with Crippen molar-refractivity contribution in [3.8, 4) is 0 Å². The summed E-state index contributed by atoms with van der Waals surface area (Å²) in [7, 11) is -2.95. The molecule has 0 aromatic carbocycles. The molecule has 112 valence electrons. The van der Waals surface area contributed by atoms with Gasteiger partial charge in [0.05, 0.1) is 17.5 Å².